The summed E-state index contributed by atoms with van der Waals surface area (Å²) < 4.78 is 0. The van der Waals surface area contributed by atoms with Crippen LogP contribution < -0.4 is 16.0 Å². The molecule has 2 amide bonds. The molecule has 1 atom stereocenters. The summed E-state index contributed by atoms with van der Waals surface area (Å²) in [5, 5.41) is 3.05. The normalized spacial score (nSPS) is 18.8. The van der Waals surface area contributed by atoms with E-state index >= 15 is 0 Å². The Morgan fingerprint density at radius 2 is 2.32 bits per heavy atom. The van der Waals surface area contributed by atoms with Crippen molar-refractivity contribution >= 4 is 29.1 Å². The van der Waals surface area contributed by atoms with Gasteiger partial charge in [0.1, 0.15) is 0 Å². The molecule has 1 aliphatic heterocycles. The van der Waals surface area contributed by atoms with Gasteiger partial charge in [-0.25, -0.2) is 0 Å². The molecule has 1 aliphatic rings. The fourth-order valence-electron chi connectivity index (χ4n) is 2.23. The molecule has 0 bridgehead atoms. The Morgan fingerprint density at radius 1 is 1.58 bits per heavy atom. The maximum Gasteiger partial charge on any atom is 0.253 e. The molecule has 1 saturated heterocycles. The Hall–Kier alpha value is -1.59. The highest BCUT2D eigenvalue weighted by Gasteiger charge is 2.31. The third-order valence-corrected chi connectivity index (χ3v) is 3.50. The van der Waals surface area contributed by atoms with Crippen molar-refractivity contribution in [3.05, 3.63) is 28.8 Å². The number of benzene rings is 1. The van der Waals surface area contributed by atoms with Crippen molar-refractivity contribution in [1.82, 2.24) is 5.32 Å². The van der Waals surface area contributed by atoms with Gasteiger partial charge >= 0.3 is 0 Å². The summed E-state index contributed by atoms with van der Waals surface area (Å²) in [6.07, 6.45) is 0.413. The quantitative estimate of drug-likeness (QED) is 0.868. The lowest BCUT2D eigenvalue weighted by Gasteiger charge is -2.20. The van der Waals surface area contributed by atoms with Gasteiger partial charge in [-0.1, -0.05) is 11.6 Å². The Balaban J connectivity index is 2.41. The summed E-state index contributed by atoms with van der Waals surface area (Å²) in [5.41, 5.74) is 6.60. The molecule has 1 heterocycles. The fraction of sp³-hybridized carbons (Fsp3) is 0.385. The van der Waals surface area contributed by atoms with Crippen LogP contribution in [-0.4, -0.2) is 32.0 Å². The lowest BCUT2D eigenvalue weighted by Crippen LogP contribution is -2.29. The van der Waals surface area contributed by atoms with Gasteiger partial charge in [-0.3, -0.25) is 9.59 Å². The Labute approximate surface area is 116 Å². The number of carbonyl (C=O) groups is 2. The SMILES string of the molecule is CNC(=O)c1ccc(Cl)cc1N1CC(CN)CC1=O. The van der Waals surface area contributed by atoms with Crippen molar-refractivity contribution in [3.63, 3.8) is 0 Å². The van der Waals surface area contributed by atoms with Crippen molar-refractivity contribution < 1.29 is 9.59 Å². The predicted octanol–water partition coefficient (Wildman–Crippen LogP) is 1.01. The van der Waals surface area contributed by atoms with Crippen LogP contribution in [0.3, 0.4) is 0 Å². The van der Waals surface area contributed by atoms with Gasteiger partial charge in [-0.05, 0) is 30.7 Å². The second-order valence-electron chi connectivity index (χ2n) is 4.55. The van der Waals surface area contributed by atoms with E-state index in [0.29, 0.717) is 35.8 Å². The minimum absolute atomic E-state index is 0.0251. The summed E-state index contributed by atoms with van der Waals surface area (Å²) in [4.78, 5) is 25.4. The molecule has 102 valence electrons. The average Bonchev–Trinajstić information content (AvgIpc) is 2.79. The number of nitrogens with zero attached hydrogens (tertiary/aromatic N) is 1. The van der Waals surface area contributed by atoms with Gasteiger partial charge in [-0.2, -0.15) is 0 Å². The zero-order valence-corrected chi connectivity index (χ0v) is 11.4. The van der Waals surface area contributed by atoms with Gasteiger partial charge in [0.05, 0.1) is 11.3 Å². The molecule has 1 aromatic rings. The first-order valence-corrected chi connectivity index (χ1v) is 6.46. The third-order valence-electron chi connectivity index (χ3n) is 3.26. The van der Waals surface area contributed by atoms with Gasteiger partial charge < -0.3 is 16.0 Å². The smallest absolute Gasteiger partial charge is 0.253 e. The number of halogens is 1. The van der Waals surface area contributed by atoms with E-state index in [4.69, 9.17) is 17.3 Å². The number of amides is 2. The van der Waals surface area contributed by atoms with E-state index < -0.39 is 0 Å². The predicted molar refractivity (Wildman–Crippen MR) is 74.4 cm³/mol. The molecule has 2 rings (SSSR count). The molecule has 6 heteroatoms. The van der Waals surface area contributed by atoms with E-state index in [1.165, 1.54) is 0 Å². The number of nitrogens with one attached hydrogen (secondary N) is 1. The Kier molecular flexibility index (Phi) is 4.07. The van der Waals surface area contributed by atoms with Crippen LogP contribution in [0.2, 0.25) is 5.02 Å². The molecule has 0 saturated carbocycles. The molecular weight excluding hydrogens is 266 g/mol. The van der Waals surface area contributed by atoms with E-state index in [1.807, 2.05) is 0 Å². The summed E-state index contributed by atoms with van der Waals surface area (Å²) in [5.74, 6) is -0.137. The standard InChI is InChI=1S/C13H16ClN3O2/c1-16-13(19)10-3-2-9(14)5-11(10)17-7-8(6-15)4-12(17)18/h2-3,5,8H,4,6-7,15H2,1H3,(H,16,19). The van der Waals surface area contributed by atoms with E-state index in [0.717, 1.165) is 0 Å². The minimum atomic E-state index is -0.240. The van der Waals surface area contributed by atoms with Gasteiger partial charge in [0.15, 0.2) is 0 Å². The highest BCUT2D eigenvalue weighted by molar-refractivity contribution is 6.31. The first-order valence-electron chi connectivity index (χ1n) is 6.09. The van der Waals surface area contributed by atoms with Crippen LogP contribution in [0.5, 0.6) is 0 Å². The third kappa shape index (κ3) is 2.72. The molecule has 19 heavy (non-hydrogen) atoms. The molecule has 1 unspecified atom stereocenters. The molecule has 0 aliphatic carbocycles. The van der Waals surface area contributed by atoms with Crippen LogP contribution in [0.15, 0.2) is 18.2 Å². The monoisotopic (exact) mass is 281 g/mol. The van der Waals surface area contributed by atoms with Crippen molar-refractivity contribution in [2.75, 3.05) is 25.0 Å². The summed E-state index contributed by atoms with van der Waals surface area (Å²) >= 11 is 5.97. The van der Waals surface area contributed by atoms with Crippen LogP contribution in [-0.2, 0) is 4.79 Å². The minimum Gasteiger partial charge on any atom is -0.355 e. The lowest BCUT2D eigenvalue weighted by molar-refractivity contribution is -0.117. The maximum atomic E-state index is 12.0. The lowest BCUT2D eigenvalue weighted by atomic mass is 10.1. The highest BCUT2D eigenvalue weighted by Crippen LogP contribution is 2.30. The highest BCUT2D eigenvalue weighted by atomic mass is 35.5. The van der Waals surface area contributed by atoms with Gasteiger partial charge in [0.2, 0.25) is 5.91 Å². The molecular formula is C13H16ClN3O2. The summed E-state index contributed by atoms with van der Waals surface area (Å²) in [7, 11) is 1.55. The first kappa shape index (κ1) is 13.8. The van der Waals surface area contributed by atoms with Crippen molar-refractivity contribution in [1.29, 1.82) is 0 Å². The van der Waals surface area contributed by atoms with Crippen molar-refractivity contribution in [2.45, 2.75) is 6.42 Å². The molecule has 1 fully saturated rings. The van der Waals surface area contributed by atoms with Gasteiger partial charge in [0.25, 0.3) is 5.91 Å². The summed E-state index contributed by atoms with van der Waals surface area (Å²) in [6, 6.07) is 4.90. The average molecular weight is 282 g/mol. The second-order valence-corrected chi connectivity index (χ2v) is 4.99. The number of nitrogens with two attached hydrogens (primary N) is 1. The van der Waals surface area contributed by atoms with E-state index in [1.54, 1.807) is 30.1 Å². The number of anilines is 1. The first-order chi connectivity index (χ1) is 9.06. The number of hydrogen-bond donors (Lipinski definition) is 2. The Morgan fingerprint density at radius 3 is 2.89 bits per heavy atom. The number of rotatable bonds is 3. The number of hydrogen-bond acceptors (Lipinski definition) is 3. The van der Waals surface area contributed by atoms with E-state index in [9.17, 15) is 9.59 Å². The van der Waals surface area contributed by atoms with Crippen LogP contribution in [0.1, 0.15) is 16.8 Å². The second kappa shape index (κ2) is 5.59. The van der Waals surface area contributed by atoms with Crippen molar-refractivity contribution in [3.8, 4) is 0 Å². The van der Waals surface area contributed by atoms with Crippen LogP contribution >= 0.6 is 11.6 Å². The molecule has 0 radical (unpaired) electrons. The van der Waals surface area contributed by atoms with E-state index in [-0.39, 0.29) is 17.7 Å². The molecule has 1 aromatic carbocycles. The van der Waals surface area contributed by atoms with Gasteiger partial charge in [0, 0.05) is 25.0 Å². The molecule has 5 nitrogen and oxygen atoms in total. The van der Waals surface area contributed by atoms with Crippen LogP contribution in [0, 0.1) is 5.92 Å². The van der Waals surface area contributed by atoms with E-state index in [2.05, 4.69) is 5.32 Å². The summed E-state index contributed by atoms with van der Waals surface area (Å²) in [6.45, 7) is 0.984. The number of carbonyl (C=O) groups excluding carboxylic acids is 2. The van der Waals surface area contributed by atoms with Crippen molar-refractivity contribution in [2.24, 2.45) is 11.7 Å². The fourth-order valence-corrected chi connectivity index (χ4v) is 2.39. The largest absolute Gasteiger partial charge is 0.355 e. The maximum absolute atomic E-state index is 12.0. The topological polar surface area (TPSA) is 75.4 Å². The Bertz CT molecular complexity index is 519. The zero-order chi connectivity index (χ0) is 14.0. The molecule has 0 aromatic heterocycles. The molecule has 3 N–H and O–H groups in total. The van der Waals surface area contributed by atoms with Gasteiger partial charge in [-0.15, -0.1) is 0 Å². The van der Waals surface area contributed by atoms with Crippen LogP contribution in [0.25, 0.3) is 0 Å². The zero-order valence-electron chi connectivity index (χ0n) is 10.6. The van der Waals surface area contributed by atoms with Crippen LogP contribution in [0.4, 0.5) is 5.69 Å². The molecule has 0 spiro atoms.